The Hall–Kier alpha value is -3.56. The summed E-state index contributed by atoms with van der Waals surface area (Å²) in [5.41, 5.74) is 0.848. The quantitative estimate of drug-likeness (QED) is 0.178. The van der Waals surface area contributed by atoms with Gasteiger partial charge in [-0.15, -0.1) is 0 Å². The number of benzene rings is 4. The van der Waals surface area contributed by atoms with E-state index in [9.17, 15) is 18.0 Å². The Morgan fingerprint density at radius 1 is 0.778 bits per heavy atom. The normalized spacial score (nSPS) is 12.3. The minimum absolute atomic E-state index is 0.000223. The van der Waals surface area contributed by atoms with Gasteiger partial charge in [0, 0.05) is 39.1 Å². The van der Waals surface area contributed by atoms with Gasteiger partial charge in [-0.2, -0.15) is 0 Å². The van der Waals surface area contributed by atoms with Crippen molar-refractivity contribution in [1.29, 1.82) is 0 Å². The smallest absolute Gasteiger partial charge is 0.264 e. The number of hydrogen-bond donors (Lipinski definition) is 1. The molecule has 0 fully saturated rings. The van der Waals surface area contributed by atoms with E-state index in [4.69, 9.17) is 34.8 Å². The largest absolute Gasteiger partial charge is 0.350 e. The van der Waals surface area contributed by atoms with Crippen molar-refractivity contribution in [2.45, 2.75) is 50.2 Å². The molecule has 4 aromatic rings. The number of carbonyl (C=O) groups excluding carboxylic acids is 2. The van der Waals surface area contributed by atoms with E-state index in [1.807, 2.05) is 51.1 Å². The van der Waals surface area contributed by atoms with Crippen molar-refractivity contribution in [2.24, 2.45) is 0 Å². The van der Waals surface area contributed by atoms with Gasteiger partial charge in [-0.05, 0) is 74.9 Å². The molecule has 0 saturated heterocycles. The average Bonchev–Trinajstić information content (AvgIpc) is 2.99. The summed E-state index contributed by atoms with van der Waals surface area (Å²) in [4.78, 5) is 29.8. The lowest BCUT2D eigenvalue weighted by molar-refractivity contribution is -0.140. The number of anilines is 1. The first-order chi connectivity index (χ1) is 21.3. The minimum atomic E-state index is -4.23. The summed E-state index contributed by atoms with van der Waals surface area (Å²) < 4.78 is 29.1. The van der Waals surface area contributed by atoms with Gasteiger partial charge in [-0.3, -0.25) is 13.9 Å². The molecular weight excluding hydrogens is 653 g/mol. The second-order valence-electron chi connectivity index (χ2n) is 11.5. The van der Waals surface area contributed by atoms with Crippen molar-refractivity contribution in [3.05, 3.63) is 129 Å². The molecule has 0 aromatic heterocycles. The van der Waals surface area contributed by atoms with Gasteiger partial charge in [-0.25, -0.2) is 8.42 Å². The lowest BCUT2D eigenvalue weighted by atomic mass is 10.0. The summed E-state index contributed by atoms with van der Waals surface area (Å²) in [7, 11) is -4.23. The molecule has 1 atom stereocenters. The predicted octanol–water partition coefficient (Wildman–Crippen LogP) is 7.40. The summed E-state index contributed by atoms with van der Waals surface area (Å²) in [5.74, 6) is -1.04. The Kier molecular flexibility index (Phi) is 11.2. The zero-order valence-corrected chi connectivity index (χ0v) is 28.2. The van der Waals surface area contributed by atoms with Crippen LogP contribution >= 0.6 is 34.8 Å². The van der Waals surface area contributed by atoms with Crippen LogP contribution in [-0.4, -0.2) is 43.3 Å². The lowest BCUT2D eigenvalue weighted by Gasteiger charge is -2.35. The maximum atomic E-state index is 14.5. The Morgan fingerprint density at radius 2 is 1.33 bits per heavy atom. The predicted molar refractivity (Wildman–Crippen MR) is 181 cm³/mol. The second kappa shape index (κ2) is 14.7. The van der Waals surface area contributed by atoms with Gasteiger partial charge >= 0.3 is 0 Å². The molecule has 0 bridgehead atoms. The molecule has 0 aliphatic rings. The summed E-state index contributed by atoms with van der Waals surface area (Å²) in [5, 5.41) is 4.01. The van der Waals surface area contributed by atoms with Crippen LogP contribution in [0.1, 0.15) is 31.9 Å². The number of sulfonamides is 1. The van der Waals surface area contributed by atoms with Crippen molar-refractivity contribution in [1.82, 2.24) is 10.2 Å². The lowest BCUT2D eigenvalue weighted by Crippen LogP contribution is -2.56. The Morgan fingerprint density at radius 3 is 1.89 bits per heavy atom. The molecule has 0 heterocycles. The number of halogens is 3. The van der Waals surface area contributed by atoms with Crippen LogP contribution in [0.25, 0.3) is 0 Å². The summed E-state index contributed by atoms with van der Waals surface area (Å²) in [6.07, 6.45) is 0.156. The van der Waals surface area contributed by atoms with Crippen molar-refractivity contribution in [2.75, 3.05) is 10.8 Å². The van der Waals surface area contributed by atoms with E-state index in [2.05, 4.69) is 5.32 Å². The van der Waals surface area contributed by atoms with Gasteiger partial charge in [0.05, 0.1) is 10.6 Å². The molecule has 45 heavy (non-hydrogen) atoms. The third-order valence-electron chi connectivity index (χ3n) is 6.88. The maximum Gasteiger partial charge on any atom is 0.264 e. The van der Waals surface area contributed by atoms with Gasteiger partial charge in [0.25, 0.3) is 10.0 Å². The highest BCUT2D eigenvalue weighted by Crippen LogP contribution is 2.29. The molecule has 0 aliphatic heterocycles. The van der Waals surface area contributed by atoms with E-state index in [0.29, 0.717) is 20.6 Å². The van der Waals surface area contributed by atoms with Gasteiger partial charge in [0.15, 0.2) is 0 Å². The van der Waals surface area contributed by atoms with Crippen molar-refractivity contribution in [3.63, 3.8) is 0 Å². The maximum absolute atomic E-state index is 14.5. The fourth-order valence-corrected chi connectivity index (χ4v) is 6.79. The average molecular weight is 687 g/mol. The van der Waals surface area contributed by atoms with Crippen LogP contribution in [0, 0.1) is 0 Å². The Balaban J connectivity index is 1.84. The number of nitrogens with one attached hydrogen (secondary N) is 1. The fraction of sp³-hybridized carbons (Fsp3) is 0.235. The molecule has 1 N–H and O–H groups in total. The fourth-order valence-electron chi connectivity index (χ4n) is 4.72. The van der Waals surface area contributed by atoms with Crippen LogP contribution in [0.3, 0.4) is 0 Å². The Labute approximate surface area is 279 Å². The molecule has 4 rings (SSSR count). The van der Waals surface area contributed by atoms with Gasteiger partial charge < -0.3 is 10.2 Å². The highest BCUT2D eigenvalue weighted by molar-refractivity contribution is 7.92. The molecular formula is C34H34Cl3N3O4S. The molecule has 1 unspecified atom stereocenters. The molecule has 2 amide bonds. The molecule has 0 aliphatic carbocycles. The molecule has 7 nitrogen and oxygen atoms in total. The van der Waals surface area contributed by atoms with E-state index in [1.54, 1.807) is 48.5 Å². The molecule has 236 valence electrons. The number of amides is 2. The first-order valence-corrected chi connectivity index (χ1v) is 16.8. The van der Waals surface area contributed by atoms with E-state index in [1.165, 1.54) is 29.2 Å². The number of hydrogen-bond acceptors (Lipinski definition) is 4. The van der Waals surface area contributed by atoms with E-state index < -0.39 is 40.0 Å². The third kappa shape index (κ3) is 9.01. The SMILES string of the molecule is CC(C)(C)NC(=O)C(Cc1ccccc1)N(Cc1c(Cl)cccc1Cl)C(=O)CN(c1ccc(Cl)cc1)S(=O)(=O)c1ccccc1. The molecule has 0 radical (unpaired) electrons. The number of rotatable bonds is 11. The molecule has 0 spiro atoms. The first-order valence-electron chi connectivity index (χ1n) is 14.2. The van der Waals surface area contributed by atoms with E-state index in [-0.39, 0.29) is 23.5 Å². The van der Waals surface area contributed by atoms with E-state index in [0.717, 1.165) is 9.87 Å². The van der Waals surface area contributed by atoms with Gasteiger partial charge in [-0.1, -0.05) is 89.4 Å². The topological polar surface area (TPSA) is 86.8 Å². The van der Waals surface area contributed by atoms with Gasteiger partial charge in [0.2, 0.25) is 11.8 Å². The van der Waals surface area contributed by atoms with Crippen molar-refractivity contribution < 1.29 is 18.0 Å². The van der Waals surface area contributed by atoms with Crippen LogP contribution in [0.2, 0.25) is 15.1 Å². The third-order valence-corrected chi connectivity index (χ3v) is 9.63. The number of carbonyl (C=O) groups is 2. The molecule has 4 aromatic carbocycles. The summed E-state index contributed by atoms with van der Waals surface area (Å²) in [6, 6.07) is 27.2. The van der Waals surface area contributed by atoms with Crippen LogP contribution < -0.4 is 9.62 Å². The highest BCUT2D eigenvalue weighted by atomic mass is 35.5. The minimum Gasteiger partial charge on any atom is -0.350 e. The van der Waals surface area contributed by atoms with Crippen LogP contribution in [0.5, 0.6) is 0 Å². The standard InChI is InChI=1S/C34H34Cl3N3O4S/c1-34(2,3)38-33(42)31(21-24-11-6-4-7-12-24)39(22-28-29(36)15-10-16-30(28)37)32(41)23-40(26-19-17-25(35)18-20-26)45(43,44)27-13-8-5-9-14-27/h4-20,31H,21-23H2,1-3H3,(H,38,42). The van der Waals surface area contributed by atoms with Crippen LogP contribution in [-0.2, 0) is 32.6 Å². The summed E-state index contributed by atoms with van der Waals surface area (Å²) >= 11 is 19.2. The number of nitrogens with zero attached hydrogens (tertiary/aromatic N) is 2. The van der Waals surface area contributed by atoms with Crippen LogP contribution in [0.15, 0.2) is 108 Å². The van der Waals surface area contributed by atoms with Gasteiger partial charge in [0.1, 0.15) is 12.6 Å². The van der Waals surface area contributed by atoms with E-state index >= 15 is 0 Å². The molecule has 0 saturated carbocycles. The molecule has 11 heteroatoms. The van der Waals surface area contributed by atoms with Crippen LogP contribution in [0.4, 0.5) is 5.69 Å². The first kappa shape index (κ1) is 34.3. The monoisotopic (exact) mass is 685 g/mol. The summed E-state index contributed by atoms with van der Waals surface area (Å²) in [6.45, 7) is 4.77. The zero-order valence-electron chi connectivity index (χ0n) is 25.1. The zero-order chi connectivity index (χ0) is 32.8. The Bertz CT molecular complexity index is 1710. The second-order valence-corrected chi connectivity index (χ2v) is 14.6. The van der Waals surface area contributed by atoms with Crippen molar-refractivity contribution >= 4 is 62.3 Å². The highest BCUT2D eigenvalue weighted by Gasteiger charge is 2.36. The van der Waals surface area contributed by atoms with Crippen molar-refractivity contribution in [3.8, 4) is 0 Å².